The van der Waals surface area contributed by atoms with E-state index in [2.05, 4.69) is 5.10 Å². The van der Waals surface area contributed by atoms with Gasteiger partial charge in [0.25, 0.3) is 5.91 Å². The van der Waals surface area contributed by atoms with Crippen LogP contribution in [-0.4, -0.2) is 28.9 Å². The van der Waals surface area contributed by atoms with E-state index in [9.17, 15) is 18.0 Å². The van der Waals surface area contributed by atoms with Crippen molar-refractivity contribution in [2.45, 2.75) is 17.5 Å². The molecular formula is C18H14ClF3N2OS. The van der Waals surface area contributed by atoms with Gasteiger partial charge in [-0.05, 0) is 23.8 Å². The average Bonchev–Trinajstić information content (AvgIpc) is 3.11. The zero-order chi connectivity index (χ0) is 18.7. The van der Waals surface area contributed by atoms with Crippen LogP contribution in [0.1, 0.15) is 17.5 Å². The highest BCUT2D eigenvalue weighted by Crippen LogP contribution is 2.37. The second-order valence-electron chi connectivity index (χ2n) is 5.61. The Morgan fingerprint density at radius 1 is 1.19 bits per heavy atom. The summed E-state index contributed by atoms with van der Waals surface area (Å²) in [4.78, 5) is 12.6. The van der Waals surface area contributed by atoms with E-state index >= 15 is 0 Å². The normalized spacial score (nSPS) is 14.5. The monoisotopic (exact) mass is 398 g/mol. The lowest BCUT2D eigenvalue weighted by Gasteiger charge is -2.13. The lowest BCUT2D eigenvalue weighted by molar-refractivity contribution is -0.137. The first-order chi connectivity index (χ1) is 12.3. The molecule has 0 unspecified atom stereocenters. The van der Waals surface area contributed by atoms with Gasteiger partial charge in [-0.15, -0.1) is 11.8 Å². The summed E-state index contributed by atoms with van der Waals surface area (Å²) in [6.07, 6.45) is -3.87. The molecule has 3 rings (SSSR count). The third-order valence-electron chi connectivity index (χ3n) is 3.80. The van der Waals surface area contributed by atoms with Crippen LogP contribution in [0.5, 0.6) is 0 Å². The summed E-state index contributed by atoms with van der Waals surface area (Å²) >= 11 is 6.63. The van der Waals surface area contributed by atoms with Crippen molar-refractivity contribution in [1.82, 2.24) is 5.01 Å². The molecule has 136 valence electrons. The molecule has 2 aromatic carbocycles. The number of alkyl halides is 3. The third kappa shape index (κ3) is 4.40. The summed E-state index contributed by atoms with van der Waals surface area (Å²) in [5, 5.41) is 5.34. The molecule has 0 aliphatic carbocycles. The van der Waals surface area contributed by atoms with Gasteiger partial charge in [-0.25, -0.2) is 5.01 Å². The fourth-order valence-electron chi connectivity index (χ4n) is 2.50. The second kappa shape index (κ2) is 7.72. The highest BCUT2D eigenvalue weighted by atomic mass is 35.5. The van der Waals surface area contributed by atoms with Gasteiger partial charge < -0.3 is 0 Å². The molecule has 0 radical (unpaired) electrons. The molecule has 0 spiro atoms. The van der Waals surface area contributed by atoms with E-state index in [1.54, 1.807) is 0 Å². The van der Waals surface area contributed by atoms with Crippen molar-refractivity contribution < 1.29 is 18.0 Å². The van der Waals surface area contributed by atoms with E-state index in [0.717, 1.165) is 29.1 Å². The summed E-state index contributed by atoms with van der Waals surface area (Å²) < 4.78 is 38.7. The molecule has 0 aromatic heterocycles. The van der Waals surface area contributed by atoms with Gasteiger partial charge in [0.1, 0.15) is 0 Å². The smallest absolute Gasteiger partial charge is 0.272 e. The van der Waals surface area contributed by atoms with Crippen molar-refractivity contribution in [2.24, 2.45) is 5.10 Å². The molecule has 1 aliphatic heterocycles. The van der Waals surface area contributed by atoms with E-state index in [-0.39, 0.29) is 16.7 Å². The number of hydrogen-bond acceptors (Lipinski definition) is 3. The first-order valence-electron chi connectivity index (χ1n) is 7.77. The molecule has 1 aliphatic rings. The summed E-state index contributed by atoms with van der Waals surface area (Å²) in [7, 11) is 0. The zero-order valence-electron chi connectivity index (χ0n) is 13.5. The number of hydrazone groups is 1. The summed E-state index contributed by atoms with van der Waals surface area (Å²) in [6.45, 7) is 0.470. The maximum Gasteiger partial charge on any atom is 0.417 e. The van der Waals surface area contributed by atoms with E-state index < -0.39 is 11.7 Å². The largest absolute Gasteiger partial charge is 0.417 e. The predicted molar refractivity (Wildman–Crippen MR) is 96.5 cm³/mol. The van der Waals surface area contributed by atoms with Gasteiger partial charge in [-0.2, -0.15) is 18.3 Å². The molecule has 0 saturated heterocycles. The lowest BCUT2D eigenvalue weighted by Crippen LogP contribution is -2.25. The summed E-state index contributed by atoms with van der Waals surface area (Å²) in [5.41, 5.74) is 0.889. The van der Waals surface area contributed by atoms with Crippen molar-refractivity contribution in [3.8, 4) is 0 Å². The first-order valence-corrected chi connectivity index (χ1v) is 9.14. The number of amides is 1. The van der Waals surface area contributed by atoms with Gasteiger partial charge >= 0.3 is 6.18 Å². The van der Waals surface area contributed by atoms with Crippen LogP contribution in [0.4, 0.5) is 13.2 Å². The summed E-state index contributed by atoms with van der Waals surface area (Å²) in [5.74, 6) is -0.241. The molecule has 8 heteroatoms. The zero-order valence-corrected chi connectivity index (χ0v) is 15.0. The molecule has 2 aromatic rings. The van der Waals surface area contributed by atoms with Gasteiger partial charge in [0.15, 0.2) is 0 Å². The van der Waals surface area contributed by atoms with E-state index in [1.165, 1.54) is 17.1 Å². The fourth-order valence-corrected chi connectivity index (χ4v) is 3.53. The minimum atomic E-state index is -4.53. The summed E-state index contributed by atoms with van der Waals surface area (Å²) in [6, 6.07) is 13.2. The Balaban J connectivity index is 1.64. The Hall–Kier alpha value is -1.99. The molecule has 0 N–H and O–H groups in total. The van der Waals surface area contributed by atoms with E-state index in [4.69, 9.17) is 11.6 Å². The number of nitrogens with zero attached hydrogens (tertiary/aromatic N) is 2. The minimum absolute atomic E-state index is 0.00446. The molecule has 0 fully saturated rings. The van der Waals surface area contributed by atoms with Crippen molar-refractivity contribution >= 4 is 35.0 Å². The Morgan fingerprint density at radius 3 is 2.62 bits per heavy atom. The van der Waals surface area contributed by atoms with Gasteiger partial charge in [0.05, 0.1) is 28.6 Å². The average molecular weight is 399 g/mol. The Morgan fingerprint density at radius 2 is 1.92 bits per heavy atom. The van der Waals surface area contributed by atoms with Gasteiger partial charge in [0, 0.05) is 11.3 Å². The molecule has 0 atom stereocenters. The number of carbonyl (C=O) groups is 1. The Bertz CT molecular complexity index is 840. The van der Waals surface area contributed by atoms with Crippen LogP contribution in [0.15, 0.2) is 58.5 Å². The van der Waals surface area contributed by atoms with Crippen LogP contribution >= 0.6 is 23.4 Å². The van der Waals surface area contributed by atoms with Gasteiger partial charge in [0.2, 0.25) is 0 Å². The van der Waals surface area contributed by atoms with Crippen molar-refractivity contribution in [3.63, 3.8) is 0 Å². The van der Waals surface area contributed by atoms with Crippen LogP contribution < -0.4 is 0 Å². The third-order valence-corrected chi connectivity index (χ3v) is 5.11. The van der Waals surface area contributed by atoms with Gasteiger partial charge in [-0.3, -0.25) is 4.79 Å². The molecule has 1 amide bonds. The molecular weight excluding hydrogens is 385 g/mol. The Labute approximate surface area is 157 Å². The lowest BCUT2D eigenvalue weighted by atomic mass is 10.1. The molecule has 3 nitrogen and oxygen atoms in total. The highest BCUT2D eigenvalue weighted by molar-refractivity contribution is 8.00. The number of rotatable bonds is 4. The van der Waals surface area contributed by atoms with Crippen LogP contribution in [-0.2, 0) is 11.0 Å². The molecule has 0 saturated carbocycles. The van der Waals surface area contributed by atoms with E-state index in [1.807, 2.05) is 30.3 Å². The Kier molecular flexibility index (Phi) is 5.58. The van der Waals surface area contributed by atoms with Crippen LogP contribution in [0.2, 0.25) is 5.02 Å². The van der Waals surface area contributed by atoms with Crippen LogP contribution in [0, 0.1) is 0 Å². The number of carbonyl (C=O) groups excluding carboxylic acids is 1. The fraction of sp³-hybridized carbons (Fsp3) is 0.222. The quantitative estimate of drug-likeness (QED) is 0.672. The van der Waals surface area contributed by atoms with Gasteiger partial charge in [-0.1, -0.05) is 41.9 Å². The van der Waals surface area contributed by atoms with Crippen LogP contribution in [0.3, 0.4) is 0 Å². The number of thioether (sulfide) groups is 1. The maximum atomic E-state index is 12.9. The van der Waals surface area contributed by atoms with Crippen molar-refractivity contribution in [1.29, 1.82) is 0 Å². The SMILES string of the molecule is O=C(CSc1ccc(Cl)c(C(F)(F)F)c1)N1CCC(c2ccccc2)=N1. The second-order valence-corrected chi connectivity index (χ2v) is 7.06. The number of hydrogen-bond donors (Lipinski definition) is 0. The number of benzene rings is 2. The first kappa shape index (κ1) is 18.8. The number of halogens is 4. The predicted octanol–water partition coefficient (Wildman–Crippen LogP) is 5.09. The highest BCUT2D eigenvalue weighted by Gasteiger charge is 2.33. The minimum Gasteiger partial charge on any atom is -0.272 e. The van der Waals surface area contributed by atoms with Crippen molar-refractivity contribution in [3.05, 3.63) is 64.7 Å². The topological polar surface area (TPSA) is 32.7 Å². The standard InChI is InChI=1S/C18H14ClF3N2OS/c19-15-7-6-13(10-14(15)18(20,21)22)26-11-17(25)24-9-8-16(23-24)12-4-2-1-3-5-12/h1-7,10H,8-9,11H2. The molecule has 1 heterocycles. The molecule has 0 bridgehead atoms. The van der Waals surface area contributed by atoms with Crippen LogP contribution in [0.25, 0.3) is 0 Å². The van der Waals surface area contributed by atoms with E-state index in [0.29, 0.717) is 17.9 Å². The maximum absolute atomic E-state index is 12.9. The van der Waals surface area contributed by atoms with Crippen molar-refractivity contribution in [2.75, 3.05) is 12.3 Å². The molecule has 26 heavy (non-hydrogen) atoms.